The second kappa shape index (κ2) is 12.4. The van der Waals surface area contributed by atoms with E-state index < -0.39 is 0 Å². The average Bonchev–Trinajstić information content (AvgIpc) is 2.84. The number of amides is 1. The molecule has 2 aromatic carbocycles. The van der Waals surface area contributed by atoms with Crippen molar-refractivity contribution in [3.8, 4) is 11.5 Å². The van der Waals surface area contributed by atoms with E-state index in [1.165, 1.54) is 6.33 Å². The minimum Gasteiger partial charge on any atom is -0.457 e. The molecule has 0 radical (unpaired) electrons. The first-order chi connectivity index (χ1) is 16.8. The molecule has 5 N–H and O–H groups in total. The molecule has 0 atom stereocenters. The number of hydrogen-bond acceptors (Lipinski definition) is 7. The molecule has 35 heavy (non-hydrogen) atoms. The lowest BCUT2D eigenvalue weighted by atomic mass is 10.0. The van der Waals surface area contributed by atoms with Gasteiger partial charge in [0.05, 0.1) is 18.8 Å². The van der Waals surface area contributed by atoms with Crippen molar-refractivity contribution < 1.29 is 14.8 Å². The van der Waals surface area contributed by atoms with Crippen LogP contribution in [0.5, 0.6) is 11.5 Å². The Balaban J connectivity index is 1.64. The van der Waals surface area contributed by atoms with E-state index in [2.05, 4.69) is 9.97 Å². The van der Waals surface area contributed by atoms with E-state index in [0.717, 1.165) is 5.75 Å². The summed E-state index contributed by atoms with van der Waals surface area (Å²) in [4.78, 5) is 24.3. The summed E-state index contributed by atoms with van der Waals surface area (Å²) in [6.07, 6.45) is 4.80. The van der Waals surface area contributed by atoms with E-state index in [-0.39, 0.29) is 17.4 Å². The minimum absolute atomic E-state index is 0.0618. The van der Waals surface area contributed by atoms with Crippen molar-refractivity contribution in [1.29, 1.82) is 5.41 Å². The Bertz CT molecular complexity index is 1160. The van der Waals surface area contributed by atoms with Gasteiger partial charge in [-0.05, 0) is 50.5 Å². The molecule has 0 fully saturated rings. The number of hydrogen-bond donors (Lipinski definition) is 3. The van der Waals surface area contributed by atoms with Crippen molar-refractivity contribution in [3.63, 3.8) is 0 Å². The van der Waals surface area contributed by atoms with Gasteiger partial charge in [-0.15, -0.1) is 0 Å². The van der Waals surface area contributed by atoms with Crippen LogP contribution in [0.2, 0.25) is 0 Å². The van der Waals surface area contributed by atoms with Crippen molar-refractivity contribution in [2.45, 2.75) is 0 Å². The van der Waals surface area contributed by atoms with Crippen LogP contribution in [0, 0.1) is 5.41 Å². The number of nitrogens with two attached hydrogens (primary N) is 2. The summed E-state index contributed by atoms with van der Waals surface area (Å²) in [6.45, 7) is 1.77. The number of benzene rings is 2. The summed E-state index contributed by atoms with van der Waals surface area (Å²) < 4.78 is 5.83. The number of likely N-dealkylation sites (N-methyl/N-ethyl adjacent to an activating group) is 2. The molecule has 3 aromatic rings. The molecule has 0 saturated heterocycles. The molecule has 182 valence electrons. The molecular weight excluding hydrogens is 442 g/mol. The number of aromatic nitrogens is 2. The predicted octanol–water partition coefficient (Wildman–Crippen LogP) is 2.04. The van der Waals surface area contributed by atoms with E-state index in [0.29, 0.717) is 42.3 Å². The molecule has 0 aliphatic heterocycles. The lowest BCUT2D eigenvalue weighted by molar-refractivity contribution is -0.574. The van der Waals surface area contributed by atoms with Gasteiger partial charge >= 0.3 is 0 Å². The van der Waals surface area contributed by atoms with Gasteiger partial charge in [-0.1, -0.05) is 24.3 Å². The fourth-order valence-corrected chi connectivity index (χ4v) is 3.28. The molecule has 0 aliphatic rings. The SMILES string of the molecule is CN(C)C/C=C/C(=O)N(C)CC[NH2+]c1ncnc(N)c1C(=N)c1ccc(Oc2ccccc2)cc1. The van der Waals surface area contributed by atoms with Crippen LogP contribution in [0.25, 0.3) is 0 Å². The highest BCUT2D eigenvalue weighted by molar-refractivity contribution is 6.15. The van der Waals surface area contributed by atoms with Gasteiger partial charge in [0.2, 0.25) is 11.7 Å². The predicted molar refractivity (Wildman–Crippen MR) is 137 cm³/mol. The fourth-order valence-electron chi connectivity index (χ4n) is 3.28. The lowest BCUT2D eigenvalue weighted by Crippen LogP contribution is -2.80. The Morgan fingerprint density at radius 1 is 1.06 bits per heavy atom. The molecule has 9 heteroatoms. The van der Waals surface area contributed by atoms with Crippen LogP contribution in [0.1, 0.15) is 11.1 Å². The van der Waals surface area contributed by atoms with Gasteiger partial charge in [-0.25, -0.2) is 4.98 Å². The molecule has 0 spiro atoms. The number of nitrogen functional groups attached to an aromatic ring is 1. The number of nitrogens with one attached hydrogen (secondary N) is 1. The van der Waals surface area contributed by atoms with Gasteiger partial charge in [0.1, 0.15) is 29.2 Å². The van der Waals surface area contributed by atoms with Crippen LogP contribution in [0.4, 0.5) is 11.6 Å². The number of carbonyl (C=O) groups excluding carboxylic acids is 1. The number of rotatable bonds is 11. The summed E-state index contributed by atoms with van der Waals surface area (Å²) >= 11 is 0. The summed E-state index contributed by atoms with van der Waals surface area (Å²) in [5, 5.41) is 10.6. The first-order valence-electron chi connectivity index (χ1n) is 11.3. The topological polar surface area (TPSA) is 125 Å². The molecule has 0 unspecified atom stereocenters. The first kappa shape index (κ1) is 25.5. The van der Waals surface area contributed by atoms with Gasteiger partial charge < -0.3 is 20.3 Å². The van der Waals surface area contributed by atoms with Crippen LogP contribution < -0.4 is 15.8 Å². The second-order valence-corrected chi connectivity index (χ2v) is 8.25. The minimum atomic E-state index is -0.0618. The zero-order chi connectivity index (χ0) is 25.2. The Morgan fingerprint density at radius 3 is 2.43 bits per heavy atom. The molecule has 1 amide bonds. The molecule has 1 aromatic heterocycles. The van der Waals surface area contributed by atoms with Crippen molar-refractivity contribution >= 4 is 23.3 Å². The number of anilines is 1. The van der Waals surface area contributed by atoms with Crippen LogP contribution >= 0.6 is 0 Å². The summed E-state index contributed by atoms with van der Waals surface area (Å²) in [5.74, 6) is 2.15. The van der Waals surface area contributed by atoms with E-state index >= 15 is 0 Å². The first-order valence-corrected chi connectivity index (χ1v) is 11.3. The van der Waals surface area contributed by atoms with Crippen LogP contribution in [-0.2, 0) is 4.79 Å². The van der Waals surface area contributed by atoms with E-state index in [1.807, 2.05) is 85.0 Å². The van der Waals surface area contributed by atoms with Crippen LogP contribution in [0.15, 0.2) is 73.1 Å². The number of para-hydroxylation sites is 1. The van der Waals surface area contributed by atoms with Crippen LogP contribution in [-0.4, -0.2) is 72.2 Å². The lowest BCUT2D eigenvalue weighted by Gasteiger charge is -2.15. The maximum absolute atomic E-state index is 12.2. The molecule has 0 aliphatic carbocycles. The fraction of sp³-hybridized carbons (Fsp3) is 0.231. The molecule has 9 nitrogen and oxygen atoms in total. The number of quaternary nitrogens is 1. The standard InChI is InChI=1S/C26H31N7O2/c1-32(2)16-7-10-22(34)33(3)17-15-29-26-23(25(28)30-18-31-26)24(27)19-11-13-21(14-12-19)35-20-8-5-4-6-9-20/h4-14,18,27H,15-17H2,1-3H3,(H3,28,29,30,31)/p+1/b10-7+,27-24?. The number of carbonyl (C=O) groups is 1. The Labute approximate surface area is 205 Å². The normalized spacial score (nSPS) is 11.1. The second-order valence-electron chi connectivity index (χ2n) is 8.25. The third-order valence-corrected chi connectivity index (χ3v) is 5.19. The maximum Gasteiger partial charge on any atom is 0.246 e. The third kappa shape index (κ3) is 7.46. The summed E-state index contributed by atoms with van der Waals surface area (Å²) in [7, 11) is 5.65. The van der Waals surface area contributed by atoms with Crippen molar-refractivity contribution in [3.05, 3.63) is 84.2 Å². The van der Waals surface area contributed by atoms with E-state index in [9.17, 15) is 4.79 Å². The average molecular weight is 475 g/mol. The quantitative estimate of drug-likeness (QED) is 0.289. The van der Waals surface area contributed by atoms with Crippen LogP contribution in [0.3, 0.4) is 0 Å². The van der Waals surface area contributed by atoms with Crippen molar-refractivity contribution in [2.75, 3.05) is 46.5 Å². The van der Waals surface area contributed by atoms with Gasteiger partial charge in [0.15, 0.2) is 0 Å². The Hall–Kier alpha value is -4.08. The number of ether oxygens (including phenoxy) is 1. The van der Waals surface area contributed by atoms with E-state index in [4.69, 9.17) is 15.9 Å². The van der Waals surface area contributed by atoms with Crippen molar-refractivity contribution in [2.24, 2.45) is 0 Å². The van der Waals surface area contributed by atoms with Gasteiger partial charge in [-0.2, -0.15) is 4.98 Å². The third-order valence-electron chi connectivity index (χ3n) is 5.19. The highest BCUT2D eigenvalue weighted by Crippen LogP contribution is 2.23. The van der Waals surface area contributed by atoms with Crippen molar-refractivity contribution in [1.82, 2.24) is 19.8 Å². The Morgan fingerprint density at radius 2 is 1.74 bits per heavy atom. The van der Waals surface area contributed by atoms with E-state index in [1.54, 1.807) is 18.0 Å². The molecule has 0 saturated carbocycles. The molecule has 3 rings (SSSR count). The highest BCUT2D eigenvalue weighted by Gasteiger charge is 2.19. The Kier molecular flexibility index (Phi) is 9.05. The van der Waals surface area contributed by atoms with Gasteiger partial charge in [0.25, 0.3) is 0 Å². The zero-order valence-corrected chi connectivity index (χ0v) is 20.3. The monoisotopic (exact) mass is 474 g/mol. The summed E-state index contributed by atoms with van der Waals surface area (Å²) in [5.41, 5.74) is 7.48. The van der Waals surface area contributed by atoms with Gasteiger partial charge in [0, 0.05) is 25.2 Å². The molecule has 0 bridgehead atoms. The smallest absolute Gasteiger partial charge is 0.246 e. The summed E-state index contributed by atoms with van der Waals surface area (Å²) in [6, 6.07) is 16.7. The molecular formula is C26H32N7O2+. The van der Waals surface area contributed by atoms with Gasteiger partial charge in [-0.3, -0.25) is 15.5 Å². The number of nitrogens with zero attached hydrogens (tertiary/aromatic N) is 4. The molecule has 1 heterocycles. The zero-order valence-electron chi connectivity index (χ0n) is 20.3. The highest BCUT2D eigenvalue weighted by atomic mass is 16.5. The maximum atomic E-state index is 12.2. The largest absolute Gasteiger partial charge is 0.457 e.